The second kappa shape index (κ2) is 7.79. The van der Waals surface area contributed by atoms with E-state index < -0.39 is 0 Å². The SMILES string of the molecule is CC1(C)C[C@H](NC(=O)Cn2nc(-c3ccc4ccccc4c3)ccc2=O)CCO1. The molecule has 0 bridgehead atoms. The highest BCUT2D eigenvalue weighted by Crippen LogP contribution is 2.24. The predicted molar refractivity (Wildman–Crippen MR) is 113 cm³/mol. The Bertz CT molecular complexity index is 1100. The first kappa shape index (κ1) is 19.3. The average Bonchev–Trinajstić information content (AvgIpc) is 2.68. The molecule has 0 saturated carbocycles. The third-order valence-electron chi connectivity index (χ3n) is 5.27. The zero-order valence-electron chi connectivity index (χ0n) is 16.7. The number of hydrogen-bond donors (Lipinski definition) is 1. The zero-order valence-corrected chi connectivity index (χ0v) is 16.7. The van der Waals surface area contributed by atoms with Crippen LogP contribution in [0.2, 0.25) is 0 Å². The van der Waals surface area contributed by atoms with Crippen molar-refractivity contribution in [1.29, 1.82) is 0 Å². The number of nitrogens with one attached hydrogen (secondary N) is 1. The molecule has 0 aliphatic carbocycles. The van der Waals surface area contributed by atoms with Crippen molar-refractivity contribution < 1.29 is 9.53 Å². The van der Waals surface area contributed by atoms with E-state index in [9.17, 15) is 9.59 Å². The number of carbonyl (C=O) groups excluding carboxylic acids is 1. The molecule has 0 spiro atoms. The molecule has 0 radical (unpaired) electrons. The predicted octanol–water partition coefficient (Wildman–Crippen LogP) is 3.14. The van der Waals surface area contributed by atoms with Gasteiger partial charge in [-0.05, 0) is 49.6 Å². The van der Waals surface area contributed by atoms with Gasteiger partial charge in [0.2, 0.25) is 5.91 Å². The summed E-state index contributed by atoms with van der Waals surface area (Å²) in [6.45, 7) is 4.56. The van der Waals surface area contributed by atoms with E-state index in [0.29, 0.717) is 12.3 Å². The number of benzene rings is 2. The fourth-order valence-corrected chi connectivity index (χ4v) is 3.83. The van der Waals surface area contributed by atoms with Crippen molar-refractivity contribution in [2.45, 2.75) is 44.9 Å². The van der Waals surface area contributed by atoms with Crippen LogP contribution in [0.1, 0.15) is 26.7 Å². The Morgan fingerprint density at radius 3 is 2.76 bits per heavy atom. The number of rotatable bonds is 4. The van der Waals surface area contributed by atoms with E-state index in [-0.39, 0.29) is 29.7 Å². The quantitative estimate of drug-likeness (QED) is 0.742. The highest BCUT2D eigenvalue weighted by Gasteiger charge is 2.29. The number of hydrogen-bond acceptors (Lipinski definition) is 4. The van der Waals surface area contributed by atoms with Crippen LogP contribution in [0.5, 0.6) is 0 Å². The number of carbonyl (C=O) groups is 1. The lowest BCUT2D eigenvalue weighted by Crippen LogP contribution is -2.47. The first-order valence-corrected chi connectivity index (χ1v) is 9.90. The molecular formula is C23H25N3O3. The Labute approximate surface area is 169 Å². The van der Waals surface area contributed by atoms with Crippen LogP contribution in [0.15, 0.2) is 59.4 Å². The summed E-state index contributed by atoms with van der Waals surface area (Å²) in [7, 11) is 0. The molecule has 29 heavy (non-hydrogen) atoms. The van der Waals surface area contributed by atoms with Gasteiger partial charge in [0.1, 0.15) is 6.54 Å². The normalized spacial score (nSPS) is 18.5. The Morgan fingerprint density at radius 1 is 1.17 bits per heavy atom. The lowest BCUT2D eigenvalue weighted by atomic mass is 9.94. The van der Waals surface area contributed by atoms with Crippen LogP contribution >= 0.6 is 0 Å². The monoisotopic (exact) mass is 391 g/mol. The number of ether oxygens (including phenoxy) is 1. The highest BCUT2D eigenvalue weighted by molar-refractivity contribution is 5.86. The Balaban J connectivity index is 1.52. The Kier molecular flexibility index (Phi) is 5.20. The minimum atomic E-state index is -0.294. The minimum Gasteiger partial charge on any atom is -0.375 e. The molecular weight excluding hydrogens is 366 g/mol. The van der Waals surface area contributed by atoms with Gasteiger partial charge < -0.3 is 10.1 Å². The third kappa shape index (κ3) is 4.54. The number of amides is 1. The Hall–Kier alpha value is -2.99. The largest absolute Gasteiger partial charge is 0.375 e. The summed E-state index contributed by atoms with van der Waals surface area (Å²) in [5, 5.41) is 9.69. The van der Waals surface area contributed by atoms with Gasteiger partial charge in [-0.15, -0.1) is 0 Å². The molecule has 2 heterocycles. The smallest absolute Gasteiger partial charge is 0.267 e. The summed E-state index contributed by atoms with van der Waals surface area (Å²) in [5.74, 6) is -0.210. The fourth-order valence-electron chi connectivity index (χ4n) is 3.83. The molecule has 150 valence electrons. The molecule has 2 aromatic carbocycles. The molecule has 6 heteroatoms. The summed E-state index contributed by atoms with van der Waals surface area (Å²) in [6, 6.07) is 17.3. The van der Waals surface area contributed by atoms with Crippen molar-refractivity contribution >= 4 is 16.7 Å². The van der Waals surface area contributed by atoms with E-state index in [2.05, 4.69) is 16.5 Å². The van der Waals surface area contributed by atoms with Crippen LogP contribution in [0.25, 0.3) is 22.0 Å². The molecule has 1 amide bonds. The molecule has 1 fully saturated rings. The van der Waals surface area contributed by atoms with Gasteiger partial charge in [-0.1, -0.05) is 36.4 Å². The number of fused-ring (bicyclic) bond motifs is 1. The van der Waals surface area contributed by atoms with Crippen molar-refractivity contribution in [3.63, 3.8) is 0 Å². The standard InChI is InChI=1S/C23H25N3O3/c1-23(2)14-19(11-12-29-23)24-21(27)15-26-22(28)10-9-20(25-26)18-8-7-16-5-3-4-6-17(16)13-18/h3-10,13,19H,11-12,14-15H2,1-2H3,(H,24,27)/t19-/m1/s1. The minimum absolute atomic E-state index is 0.0469. The van der Waals surface area contributed by atoms with Crippen molar-refractivity contribution in [1.82, 2.24) is 15.1 Å². The van der Waals surface area contributed by atoms with Crippen LogP contribution in [-0.2, 0) is 16.1 Å². The van der Waals surface area contributed by atoms with Crippen LogP contribution in [0, 0.1) is 0 Å². The maximum atomic E-state index is 12.5. The van der Waals surface area contributed by atoms with Gasteiger partial charge in [-0.2, -0.15) is 5.10 Å². The van der Waals surface area contributed by atoms with Crippen molar-refractivity contribution in [3.05, 3.63) is 65.0 Å². The number of aromatic nitrogens is 2. The van der Waals surface area contributed by atoms with Crippen LogP contribution in [0.3, 0.4) is 0 Å². The second-order valence-electron chi connectivity index (χ2n) is 8.14. The van der Waals surface area contributed by atoms with Crippen molar-refractivity contribution in [2.75, 3.05) is 6.61 Å². The van der Waals surface area contributed by atoms with Gasteiger partial charge in [0.15, 0.2) is 0 Å². The molecule has 3 aromatic rings. The summed E-state index contributed by atoms with van der Waals surface area (Å²) in [6.07, 6.45) is 1.52. The van der Waals surface area contributed by atoms with Gasteiger partial charge in [0, 0.05) is 24.3 Å². The summed E-state index contributed by atoms with van der Waals surface area (Å²) in [5.41, 5.74) is 1.03. The van der Waals surface area contributed by atoms with Gasteiger partial charge in [0.05, 0.1) is 11.3 Å². The first-order valence-electron chi connectivity index (χ1n) is 9.90. The molecule has 0 unspecified atom stereocenters. The summed E-state index contributed by atoms with van der Waals surface area (Å²) in [4.78, 5) is 24.8. The van der Waals surface area contributed by atoms with Gasteiger partial charge >= 0.3 is 0 Å². The topological polar surface area (TPSA) is 73.2 Å². The molecule has 1 saturated heterocycles. The third-order valence-corrected chi connectivity index (χ3v) is 5.27. The van der Waals surface area contributed by atoms with Crippen molar-refractivity contribution in [3.8, 4) is 11.3 Å². The van der Waals surface area contributed by atoms with Gasteiger partial charge in [0.25, 0.3) is 5.56 Å². The molecule has 1 aromatic heterocycles. The highest BCUT2D eigenvalue weighted by atomic mass is 16.5. The summed E-state index contributed by atoms with van der Waals surface area (Å²) >= 11 is 0. The lowest BCUT2D eigenvalue weighted by Gasteiger charge is -2.35. The van der Waals surface area contributed by atoms with Gasteiger partial charge in [-0.25, -0.2) is 4.68 Å². The molecule has 1 aliphatic heterocycles. The van der Waals surface area contributed by atoms with E-state index in [1.165, 1.54) is 10.7 Å². The molecule has 1 aliphatic rings. The molecule has 1 atom stereocenters. The number of nitrogens with zero attached hydrogens (tertiary/aromatic N) is 2. The van der Waals surface area contributed by atoms with E-state index in [1.807, 2.05) is 50.2 Å². The average molecular weight is 391 g/mol. The van der Waals surface area contributed by atoms with E-state index >= 15 is 0 Å². The first-order chi connectivity index (χ1) is 13.9. The van der Waals surface area contributed by atoms with Crippen LogP contribution in [0.4, 0.5) is 0 Å². The van der Waals surface area contributed by atoms with Crippen LogP contribution < -0.4 is 10.9 Å². The van der Waals surface area contributed by atoms with Crippen LogP contribution in [-0.4, -0.2) is 33.9 Å². The summed E-state index contributed by atoms with van der Waals surface area (Å²) < 4.78 is 6.92. The van der Waals surface area contributed by atoms with E-state index in [1.54, 1.807) is 6.07 Å². The van der Waals surface area contributed by atoms with Crippen molar-refractivity contribution in [2.24, 2.45) is 0 Å². The maximum Gasteiger partial charge on any atom is 0.267 e. The van der Waals surface area contributed by atoms with E-state index in [4.69, 9.17) is 4.74 Å². The van der Waals surface area contributed by atoms with Gasteiger partial charge in [-0.3, -0.25) is 9.59 Å². The Morgan fingerprint density at radius 2 is 1.97 bits per heavy atom. The lowest BCUT2D eigenvalue weighted by molar-refractivity contribution is -0.124. The molecule has 4 rings (SSSR count). The fraction of sp³-hybridized carbons (Fsp3) is 0.348. The molecule has 1 N–H and O–H groups in total. The van der Waals surface area contributed by atoms with E-state index in [0.717, 1.165) is 29.2 Å². The zero-order chi connectivity index (χ0) is 20.4. The molecule has 6 nitrogen and oxygen atoms in total. The second-order valence-corrected chi connectivity index (χ2v) is 8.14. The maximum absolute atomic E-state index is 12.5.